The number of halogens is 1. The minimum atomic E-state index is -0.280. The highest BCUT2D eigenvalue weighted by Crippen LogP contribution is 2.32. The molecule has 1 aromatic heterocycles. The molecule has 1 aliphatic rings. The van der Waals surface area contributed by atoms with Gasteiger partial charge in [0.2, 0.25) is 0 Å². The first kappa shape index (κ1) is 12.7. The van der Waals surface area contributed by atoms with Crippen molar-refractivity contribution in [2.75, 3.05) is 12.0 Å². The molecule has 0 unspecified atom stereocenters. The van der Waals surface area contributed by atoms with Crippen molar-refractivity contribution >= 4 is 5.69 Å². The zero-order valence-corrected chi connectivity index (χ0v) is 11.2. The van der Waals surface area contributed by atoms with Crippen molar-refractivity contribution < 1.29 is 9.13 Å². The van der Waals surface area contributed by atoms with E-state index in [0.717, 1.165) is 11.3 Å². The summed E-state index contributed by atoms with van der Waals surface area (Å²) in [5.41, 5.74) is 2.60. The molecule has 0 saturated carbocycles. The molecule has 0 radical (unpaired) electrons. The van der Waals surface area contributed by atoms with Gasteiger partial charge in [0, 0.05) is 30.3 Å². The van der Waals surface area contributed by atoms with Gasteiger partial charge in [0.1, 0.15) is 11.6 Å². The Balaban J connectivity index is 2.00. The van der Waals surface area contributed by atoms with Crippen LogP contribution in [-0.2, 0) is 13.1 Å². The zero-order valence-electron chi connectivity index (χ0n) is 11.2. The number of fused-ring (bicyclic) bond motifs is 1. The second-order valence-corrected chi connectivity index (χ2v) is 4.81. The third-order valence-corrected chi connectivity index (χ3v) is 3.63. The molecule has 5 nitrogen and oxygen atoms in total. The van der Waals surface area contributed by atoms with Gasteiger partial charge in [0.05, 0.1) is 19.0 Å². The van der Waals surface area contributed by atoms with E-state index in [2.05, 4.69) is 10.2 Å². The summed E-state index contributed by atoms with van der Waals surface area (Å²) in [6.45, 7) is 2.70. The van der Waals surface area contributed by atoms with Gasteiger partial charge in [0.25, 0.3) is 5.56 Å². The average Bonchev–Trinajstić information content (AvgIpc) is 2.86. The molecule has 0 aliphatic carbocycles. The normalized spacial score (nSPS) is 13.4. The second kappa shape index (κ2) is 4.63. The number of methoxy groups -OCH3 is 1. The first-order chi connectivity index (χ1) is 9.60. The molecule has 20 heavy (non-hydrogen) atoms. The third-order valence-electron chi connectivity index (χ3n) is 3.63. The molecular weight excluding hydrogens is 261 g/mol. The number of rotatable bonds is 2. The summed E-state index contributed by atoms with van der Waals surface area (Å²) in [5, 5.41) is 6.20. The van der Waals surface area contributed by atoms with Gasteiger partial charge in [0.15, 0.2) is 0 Å². The van der Waals surface area contributed by atoms with E-state index in [9.17, 15) is 9.18 Å². The van der Waals surface area contributed by atoms with Crippen molar-refractivity contribution in [1.29, 1.82) is 0 Å². The van der Waals surface area contributed by atoms with Crippen LogP contribution in [0.3, 0.4) is 0 Å². The van der Waals surface area contributed by atoms with Crippen LogP contribution in [0.4, 0.5) is 10.1 Å². The molecule has 0 atom stereocenters. The lowest BCUT2D eigenvalue weighted by molar-refractivity contribution is 0.410. The first-order valence-corrected chi connectivity index (χ1v) is 6.24. The van der Waals surface area contributed by atoms with Crippen LogP contribution in [0.1, 0.15) is 16.7 Å². The maximum Gasteiger partial charge on any atom is 0.269 e. The number of anilines is 1. The number of nitrogens with one attached hydrogen (secondary N) is 1. The van der Waals surface area contributed by atoms with Crippen LogP contribution in [0, 0.1) is 12.7 Å². The van der Waals surface area contributed by atoms with Crippen LogP contribution < -0.4 is 15.2 Å². The van der Waals surface area contributed by atoms with Gasteiger partial charge >= 0.3 is 0 Å². The fraction of sp³-hybridized carbons (Fsp3) is 0.286. The lowest BCUT2D eigenvalue weighted by Gasteiger charge is -2.18. The SMILES string of the molecule is COc1cc(F)c2c(c1)CN(c1cn[nH]c(=O)c1C)C2. The molecule has 2 heterocycles. The minimum Gasteiger partial charge on any atom is -0.497 e. The Morgan fingerprint density at radius 2 is 2.20 bits per heavy atom. The highest BCUT2D eigenvalue weighted by Gasteiger charge is 2.25. The molecule has 0 saturated heterocycles. The average molecular weight is 275 g/mol. The minimum absolute atomic E-state index is 0.225. The molecule has 0 spiro atoms. The number of H-pyrrole nitrogens is 1. The molecule has 6 heteroatoms. The van der Waals surface area contributed by atoms with Gasteiger partial charge < -0.3 is 9.64 Å². The van der Waals surface area contributed by atoms with Crippen molar-refractivity contribution in [2.45, 2.75) is 20.0 Å². The molecule has 2 aromatic rings. The van der Waals surface area contributed by atoms with Gasteiger partial charge in [-0.3, -0.25) is 4.79 Å². The summed E-state index contributed by atoms with van der Waals surface area (Å²) in [5.74, 6) is 0.223. The van der Waals surface area contributed by atoms with Gasteiger partial charge in [-0.2, -0.15) is 5.10 Å². The number of hydrogen-bond acceptors (Lipinski definition) is 4. The number of aromatic amines is 1. The Kier molecular flexibility index (Phi) is 2.93. The van der Waals surface area contributed by atoms with Crippen LogP contribution in [0.15, 0.2) is 23.1 Å². The van der Waals surface area contributed by atoms with E-state index in [-0.39, 0.29) is 11.4 Å². The van der Waals surface area contributed by atoms with Crippen LogP contribution in [0.2, 0.25) is 0 Å². The van der Waals surface area contributed by atoms with Crippen LogP contribution in [0.25, 0.3) is 0 Å². The third kappa shape index (κ3) is 1.93. The Labute approximate surface area is 115 Å². The lowest BCUT2D eigenvalue weighted by atomic mass is 10.1. The van der Waals surface area contributed by atoms with Crippen molar-refractivity contribution in [3.63, 3.8) is 0 Å². The smallest absolute Gasteiger partial charge is 0.269 e. The molecule has 104 valence electrons. The largest absolute Gasteiger partial charge is 0.497 e. The van der Waals surface area contributed by atoms with Gasteiger partial charge in [-0.05, 0) is 18.6 Å². The number of ether oxygens (including phenoxy) is 1. The van der Waals surface area contributed by atoms with E-state index in [4.69, 9.17) is 4.74 Å². The van der Waals surface area contributed by atoms with Gasteiger partial charge in [-0.25, -0.2) is 9.49 Å². The molecule has 0 fully saturated rings. The van der Waals surface area contributed by atoms with Crippen molar-refractivity contribution in [3.8, 4) is 5.75 Å². The molecule has 1 aromatic carbocycles. The van der Waals surface area contributed by atoms with Gasteiger partial charge in [-0.1, -0.05) is 0 Å². The summed E-state index contributed by atoms with van der Waals surface area (Å²) < 4.78 is 19.1. The van der Waals surface area contributed by atoms with Crippen LogP contribution in [-0.4, -0.2) is 17.3 Å². The predicted octanol–water partition coefficient (Wildman–Crippen LogP) is 1.75. The van der Waals surface area contributed by atoms with Crippen molar-refractivity contribution in [1.82, 2.24) is 10.2 Å². The maximum atomic E-state index is 14.0. The van der Waals surface area contributed by atoms with E-state index >= 15 is 0 Å². The number of nitrogens with zero attached hydrogens (tertiary/aromatic N) is 2. The van der Waals surface area contributed by atoms with Crippen LogP contribution in [0.5, 0.6) is 5.75 Å². The summed E-state index contributed by atoms with van der Waals surface area (Å²) in [6.07, 6.45) is 1.59. The molecule has 3 rings (SSSR count). The fourth-order valence-electron chi connectivity index (χ4n) is 2.49. The molecule has 0 amide bonds. The zero-order chi connectivity index (χ0) is 14.3. The van der Waals surface area contributed by atoms with Crippen LogP contribution >= 0.6 is 0 Å². The molecule has 0 bridgehead atoms. The quantitative estimate of drug-likeness (QED) is 0.907. The Bertz CT molecular complexity index is 727. The summed E-state index contributed by atoms with van der Waals surface area (Å²) in [6, 6.07) is 3.21. The summed E-state index contributed by atoms with van der Waals surface area (Å²) >= 11 is 0. The highest BCUT2D eigenvalue weighted by molar-refractivity contribution is 5.55. The first-order valence-electron chi connectivity index (χ1n) is 6.24. The van der Waals surface area contributed by atoms with E-state index in [1.807, 2.05) is 11.0 Å². The monoisotopic (exact) mass is 275 g/mol. The molecular formula is C14H14FN3O2. The molecule has 1 aliphatic heterocycles. The summed E-state index contributed by atoms with van der Waals surface area (Å²) in [4.78, 5) is 13.5. The number of aromatic nitrogens is 2. The lowest BCUT2D eigenvalue weighted by Crippen LogP contribution is -2.21. The van der Waals surface area contributed by atoms with E-state index < -0.39 is 0 Å². The van der Waals surface area contributed by atoms with E-state index in [1.165, 1.54) is 13.2 Å². The van der Waals surface area contributed by atoms with Gasteiger partial charge in [-0.15, -0.1) is 0 Å². The van der Waals surface area contributed by atoms with Crippen molar-refractivity contribution in [3.05, 3.63) is 51.2 Å². The maximum absolute atomic E-state index is 14.0. The molecule has 1 N–H and O–H groups in total. The fourth-order valence-corrected chi connectivity index (χ4v) is 2.49. The Morgan fingerprint density at radius 3 is 2.95 bits per heavy atom. The Morgan fingerprint density at radius 1 is 1.40 bits per heavy atom. The Hall–Kier alpha value is -2.37. The number of hydrogen-bond donors (Lipinski definition) is 1. The van der Waals surface area contributed by atoms with E-state index in [0.29, 0.717) is 30.0 Å². The predicted molar refractivity (Wildman–Crippen MR) is 72.4 cm³/mol. The topological polar surface area (TPSA) is 58.2 Å². The second-order valence-electron chi connectivity index (χ2n) is 4.81. The standard InChI is InChI=1S/C14H14FN3O2/c1-8-13(5-16-17-14(8)19)18-6-9-3-10(20-2)4-12(15)11(9)7-18/h3-5H,6-7H2,1-2H3,(H,17,19). The highest BCUT2D eigenvalue weighted by atomic mass is 19.1. The number of benzene rings is 1. The summed E-state index contributed by atoms with van der Waals surface area (Å²) in [7, 11) is 1.51. The van der Waals surface area contributed by atoms with Crippen molar-refractivity contribution in [2.24, 2.45) is 0 Å². The van der Waals surface area contributed by atoms with E-state index in [1.54, 1.807) is 13.1 Å².